The van der Waals surface area contributed by atoms with Crippen molar-refractivity contribution in [3.63, 3.8) is 0 Å². The van der Waals surface area contributed by atoms with Crippen molar-refractivity contribution in [1.82, 2.24) is 9.88 Å². The quantitative estimate of drug-likeness (QED) is 0.392. The van der Waals surface area contributed by atoms with Gasteiger partial charge in [0.15, 0.2) is 0 Å². The second-order valence-electron chi connectivity index (χ2n) is 9.82. The molecule has 0 unspecified atom stereocenters. The van der Waals surface area contributed by atoms with Crippen molar-refractivity contribution in [2.24, 2.45) is 5.90 Å². The topological polar surface area (TPSA) is 107 Å². The minimum absolute atomic E-state index is 0.0580. The predicted molar refractivity (Wildman–Crippen MR) is 148 cm³/mol. The average molecular weight is 550 g/mol. The molecule has 1 fully saturated rings. The predicted octanol–water partition coefficient (Wildman–Crippen LogP) is 4.62. The Morgan fingerprint density at radius 3 is 2.72 bits per heavy atom. The van der Waals surface area contributed by atoms with Gasteiger partial charge in [0, 0.05) is 42.0 Å². The summed E-state index contributed by atoms with van der Waals surface area (Å²) in [5.74, 6) is 5.76. The molecule has 0 spiro atoms. The van der Waals surface area contributed by atoms with E-state index in [1.807, 2.05) is 48.5 Å². The highest BCUT2D eigenvalue weighted by Gasteiger charge is 2.33. The fourth-order valence-corrected chi connectivity index (χ4v) is 5.27. The summed E-state index contributed by atoms with van der Waals surface area (Å²) in [5, 5.41) is 11.9. The van der Waals surface area contributed by atoms with Crippen LogP contribution < -0.4 is 15.4 Å². The molecular weight excluding hydrogens is 518 g/mol. The first-order valence-electron chi connectivity index (χ1n) is 13.1. The molecule has 0 saturated carbocycles. The molecule has 9 heteroatoms. The van der Waals surface area contributed by atoms with Crippen LogP contribution in [0, 0.1) is 0 Å². The second kappa shape index (κ2) is 12.2. The van der Waals surface area contributed by atoms with E-state index >= 15 is 0 Å². The van der Waals surface area contributed by atoms with E-state index in [2.05, 4.69) is 26.9 Å². The highest BCUT2D eigenvalue weighted by molar-refractivity contribution is 6.30. The molecule has 204 valence electrons. The molecule has 0 amide bonds. The lowest BCUT2D eigenvalue weighted by atomic mass is 9.84. The van der Waals surface area contributed by atoms with E-state index in [-0.39, 0.29) is 13.0 Å². The van der Waals surface area contributed by atoms with Crippen LogP contribution in [0.15, 0.2) is 66.9 Å². The van der Waals surface area contributed by atoms with E-state index in [0.29, 0.717) is 30.2 Å². The molecule has 2 aromatic carbocycles. The number of aliphatic hydroxyl groups is 1. The number of rotatable bonds is 8. The molecule has 3 heterocycles. The van der Waals surface area contributed by atoms with Crippen LogP contribution in [0.4, 0.5) is 0 Å². The van der Waals surface area contributed by atoms with Gasteiger partial charge in [0.1, 0.15) is 18.1 Å². The molecule has 0 aliphatic carbocycles. The van der Waals surface area contributed by atoms with Gasteiger partial charge in [-0.25, -0.2) is 0 Å². The number of fused-ring (bicyclic) bond motifs is 2. The number of carbonyl (C=O) groups is 1. The number of carbonyl (C=O) groups excluding carboxylic acids is 1. The molecular formula is C30H32ClN3O5. The Labute approximate surface area is 232 Å². The monoisotopic (exact) mass is 549 g/mol. The largest absolute Gasteiger partial charge is 0.493 e. The van der Waals surface area contributed by atoms with Gasteiger partial charge in [-0.15, -0.1) is 0 Å². The van der Waals surface area contributed by atoms with E-state index in [1.165, 1.54) is 0 Å². The van der Waals surface area contributed by atoms with Crippen LogP contribution in [-0.2, 0) is 21.8 Å². The maximum absolute atomic E-state index is 11.4. The molecule has 2 aliphatic heterocycles. The maximum atomic E-state index is 11.4. The van der Waals surface area contributed by atoms with Gasteiger partial charge in [0.25, 0.3) is 0 Å². The summed E-state index contributed by atoms with van der Waals surface area (Å²) in [6.07, 6.45) is 6.22. The Morgan fingerprint density at radius 1 is 1.15 bits per heavy atom. The first kappa shape index (κ1) is 27.1. The maximum Gasteiger partial charge on any atom is 0.327 e. The van der Waals surface area contributed by atoms with Crippen molar-refractivity contribution < 1.29 is 24.2 Å². The first-order chi connectivity index (χ1) is 18.9. The van der Waals surface area contributed by atoms with Crippen LogP contribution in [0.3, 0.4) is 0 Å². The van der Waals surface area contributed by atoms with E-state index < -0.39 is 11.6 Å². The van der Waals surface area contributed by atoms with Crippen molar-refractivity contribution in [3.05, 3.63) is 94.3 Å². The highest BCUT2D eigenvalue weighted by atomic mass is 35.5. The molecule has 2 aliphatic rings. The molecule has 3 aromatic rings. The fourth-order valence-electron chi connectivity index (χ4n) is 5.14. The van der Waals surface area contributed by atoms with Crippen LogP contribution in [0.2, 0.25) is 5.02 Å². The summed E-state index contributed by atoms with van der Waals surface area (Å²) >= 11 is 6.03. The zero-order valence-corrected chi connectivity index (χ0v) is 22.4. The van der Waals surface area contributed by atoms with Crippen molar-refractivity contribution in [3.8, 4) is 11.5 Å². The number of benzene rings is 2. The van der Waals surface area contributed by atoms with Gasteiger partial charge in [-0.3, -0.25) is 9.78 Å². The Morgan fingerprint density at radius 2 is 1.95 bits per heavy atom. The van der Waals surface area contributed by atoms with Gasteiger partial charge in [-0.05, 0) is 66.8 Å². The lowest BCUT2D eigenvalue weighted by Crippen LogP contribution is -2.42. The number of ether oxygens (including phenoxy) is 2. The smallest absolute Gasteiger partial charge is 0.327 e. The first-order valence-corrected chi connectivity index (χ1v) is 13.5. The molecule has 8 nitrogen and oxygen atoms in total. The van der Waals surface area contributed by atoms with Gasteiger partial charge in [0.05, 0.1) is 24.3 Å². The van der Waals surface area contributed by atoms with Crippen LogP contribution in [-0.4, -0.2) is 47.2 Å². The van der Waals surface area contributed by atoms with E-state index in [1.54, 1.807) is 6.20 Å². The molecule has 5 rings (SSSR count). The van der Waals surface area contributed by atoms with Gasteiger partial charge >= 0.3 is 5.97 Å². The van der Waals surface area contributed by atoms with Crippen molar-refractivity contribution in [2.45, 2.75) is 37.9 Å². The molecule has 1 aromatic heterocycles. The second-order valence-corrected chi connectivity index (χ2v) is 10.3. The molecule has 1 saturated heterocycles. The Bertz CT molecular complexity index is 1340. The minimum atomic E-state index is -0.820. The van der Waals surface area contributed by atoms with E-state index in [4.69, 9.17) is 27.0 Å². The van der Waals surface area contributed by atoms with Gasteiger partial charge in [-0.1, -0.05) is 35.9 Å². The molecule has 0 radical (unpaired) electrons. The van der Waals surface area contributed by atoms with Gasteiger partial charge < -0.3 is 24.3 Å². The number of hydrogen-bond acceptors (Lipinski definition) is 8. The number of piperidine rings is 1. The summed E-state index contributed by atoms with van der Waals surface area (Å²) in [6.45, 7) is 3.01. The van der Waals surface area contributed by atoms with E-state index in [0.717, 1.165) is 59.8 Å². The van der Waals surface area contributed by atoms with Gasteiger partial charge in [-0.2, -0.15) is 5.90 Å². The normalized spacial score (nSPS) is 17.5. The number of hydrogen-bond donors (Lipinski definition) is 2. The summed E-state index contributed by atoms with van der Waals surface area (Å²) < 4.78 is 11.9. The SMILES string of the molecule is NOC(=O)CCOc1ccc2c(c1)/C(=C/CCN1CCC(O)(c3ccc(Cl)cc3)CC1)c1cccnc1CO2. The Kier molecular flexibility index (Phi) is 8.47. The zero-order valence-electron chi connectivity index (χ0n) is 21.6. The number of aromatic nitrogens is 1. The average Bonchev–Trinajstić information content (AvgIpc) is 3.11. The van der Waals surface area contributed by atoms with Crippen LogP contribution in [0.25, 0.3) is 5.57 Å². The third-order valence-corrected chi connectivity index (χ3v) is 7.60. The summed E-state index contributed by atoms with van der Waals surface area (Å²) in [4.78, 5) is 22.5. The number of halogens is 1. The number of pyridine rings is 1. The van der Waals surface area contributed by atoms with Crippen LogP contribution in [0.5, 0.6) is 11.5 Å². The van der Waals surface area contributed by atoms with Crippen LogP contribution in [0.1, 0.15) is 48.1 Å². The van der Waals surface area contributed by atoms with Crippen LogP contribution >= 0.6 is 11.6 Å². The number of nitrogens with zero attached hydrogens (tertiary/aromatic N) is 2. The molecule has 39 heavy (non-hydrogen) atoms. The highest BCUT2D eigenvalue weighted by Crippen LogP contribution is 2.39. The summed E-state index contributed by atoms with van der Waals surface area (Å²) in [6, 6.07) is 17.1. The molecule has 3 N–H and O–H groups in total. The fraction of sp³-hybridized carbons (Fsp3) is 0.333. The number of likely N-dealkylation sites (tertiary alicyclic amines) is 1. The van der Waals surface area contributed by atoms with Crippen molar-refractivity contribution >= 4 is 23.1 Å². The van der Waals surface area contributed by atoms with Crippen molar-refractivity contribution in [2.75, 3.05) is 26.2 Å². The standard InChI is InChI=1S/C30H32ClN3O5/c31-22-7-5-21(6-8-22)30(36)12-16-34(17-13-30)15-2-4-24-25-3-1-14-33-27(25)20-38-28-10-9-23(19-26(24)28)37-18-11-29(35)39-32/h1,3-10,14,19,36H,2,11-13,15-18,20,32H2/b24-4+. The zero-order chi connectivity index (χ0) is 27.2. The molecule has 0 bridgehead atoms. The lowest BCUT2D eigenvalue weighted by molar-refractivity contribution is -0.144. The number of nitrogens with two attached hydrogens (primary N) is 1. The minimum Gasteiger partial charge on any atom is -0.493 e. The Balaban J connectivity index is 1.30. The summed E-state index contributed by atoms with van der Waals surface area (Å²) in [5.41, 5.74) is 3.95. The lowest BCUT2D eigenvalue weighted by Gasteiger charge is -2.38. The summed E-state index contributed by atoms with van der Waals surface area (Å²) in [7, 11) is 0. The third kappa shape index (κ3) is 6.42. The Hall–Kier alpha value is -3.43. The third-order valence-electron chi connectivity index (χ3n) is 7.35. The van der Waals surface area contributed by atoms with Gasteiger partial charge in [0.2, 0.25) is 0 Å². The molecule has 0 atom stereocenters. The van der Waals surface area contributed by atoms with E-state index in [9.17, 15) is 9.90 Å². The van der Waals surface area contributed by atoms with Crippen molar-refractivity contribution in [1.29, 1.82) is 0 Å².